The molecule has 0 fully saturated rings. The monoisotopic (exact) mass is 202 g/mol. The maximum atomic E-state index is 5.75. The van der Waals surface area contributed by atoms with E-state index < -0.39 is 0 Å². The summed E-state index contributed by atoms with van der Waals surface area (Å²) in [7, 11) is 0. The van der Waals surface area contributed by atoms with Crippen LogP contribution in [0, 0.1) is 6.92 Å². The fourth-order valence-corrected chi connectivity index (χ4v) is 1.60. The molecule has 1 aromatic carbocycles. The summed E-state index contributed by atoms with van der Waals surface area (Å²) < 4.78 is 5.38. The molecule has 1 heterocycles. The largest absolute Gasteiger partial charge is 0.448 e. The van der Waals surface area contributed by atoms with Crippen molar-refractivity contribution in [2.24, 2.45) is 5.73 Å². The Morgan fingerprint density at radius 1 is 1.33 bits per heavy atom. The summed E-state index contributed by atoms with van der Waals surface area (Å²) in [5.74, 6) is 0.751. The number of nitrogens with two attached hydrogens (primary N) is 1. The third-order valence-corrected chi connectivity index (χ3v) is 2.37. The summed E-state index contributed by atoms with van der Waals surface area (Å²) >= 11 is 0. The van der Waals surface area contributed by atoms with Crippen molar-refractivity contribution in [3.63, 3.8) is 0 Å². The van der Waals surface area contributed by atoms with Gasteiger partial charge >= 0.3 is 0 Å². The number of aromatic nitrogens is 1. The minimum atomic E-state index is 0.0555. The van der Waals surface area contributed by atoms with E-state index in [1.807, 2.05) is 37.3 Å². The maximum Gasteiger partial charge on any atom is 0.203 e. The molecule has 2 N–H and O–H groups in total. The third kappa shape index (κ3) is 2.07. The molecule has 0 saturated carbocycles. The Kier molecular flexibility index (Phi) is 2.83. The molecule has 0 aliphatic heterocycles. The Hall–Kier alpha value is -1.61. The average Bonchev–Trinajstić information content (AvgIpc) is 2.68. The second-order valence-electron chi connectivity index (χ2n) is 3.53. The lowest BCUT2D eigenvalue weighted by Crippen LogP contribution is -2.14. The minimum Gasteiger partial charge on any atom is -0.448 e. The molecule has 1 atom stereocenters. The molecule has 15 heavy (non-hydrogen) atoms. The molecule has 78 valence electrons. The second kappa shape index (κ2) is 4.28. The molecule has 2 rings (SSSR count). The Labute approximate surface area is 88.9 Å². The van der Waals surface area contributed by atoms with Gasteiger partial charge in [-0.15, -0.1) is 0 Å². The topological polar surface area (TPSA) is 52.0 Å². The van der Waals surface area contributed by atoms with Crippen molar-refractivity contribution in [3.05, 3.63) is 53.7 Å². The summed E-state index contributed by atoms with van der Waals surface area (Å²) in [6.45, 7) is 2.41. The maximum absolute atomic E-state index is 5.75. The summed E-state index contributed by atoms with van der Waals surface area (Å²) in [5, 5.41) is 0. The van der Waals surface area contributed by atoms with E-state index in [9.17, 15) is 0 Å². The normalized spacial score (nSPS) is 12.7. The molecule has 0 spiro atoms. The van der Waals surface area contributed by atoms with Gasteiger partial charge in [-0.2, -0.15) is 0 Å². The van der Waals surface area contributed by atoms with Crippen LogP contribution in [-0.2, 0) is 0 Å². The van der Waals surface area contributed by atoms with E-state index in [0.717, 1.165) is 11.3 Å². The minimum absolute atomic E-state index is 0.0555. The standard InChI is InChI=1S/C12H14N2O/c1-9-8-15-12(14-9)11(7-13)10-5-3-2-4-6-10/h2-6,8,11H,7,13H2,1H3. The smallest absolute Gasteiger partial charge is 0.203 e. The van der Waals surface area contributed by atoms with E-state index in [2.05, 4.69) is 4.98 Å². The molecule has 1 unspecified atom stereocenters. The van der Waals surface area contributed by atoms with Crippen LogP contribution in [0.5, 0.6) is 0 Å². The van der Waals surface area contributed by atoms with Crippen molar-refractivity contribution >= 4 is 0 Å². The number of nitrogens with zero attached hydrogens (tertiary/aromatic N) is 1. The van der Waals surface area contributed by atoms with Gasteiger partial charge in [0.15, 0.2) is 0 Å². The van der Waals surface area contributed by atoms with Crippen LogP contribution >= 0.6 is 0 Å². The van der Waals surface area contributed by atoms with E-state index in [1.54, 1.807) is 6.26 Å². The first-order valence-electron chi connectivity index (χ1n) is 4.98. The Bertz CT molecular complexity index is 422. The van der Waals surface area contributed by atoms with Gasteiger partial charge in [0.2, 0.25) is 5.89 Å². The number of hydrogen-bond donors (Lipinski definition) is 1. The quantitative estimate of drug-likeness (QED) is 0.829. The number of aryl methyl sites for hydroxylation is 1. The number of hydrogen-bond acceptors (Lipinski definition) is 3. The van der Waals surface area contributed by atoms with Gasteiger partial charge in [0.1, 0.15) is 6.26 Å². The summed E-state index contributed by atoms with van der Waals surface area (Å²) in [6.07, 6.45) is 1.65. The van der Waals surface area contributed by atoms with E-state index in [0.29, 0.717) is 12.4 Å². The number of oxazole rings is 1. The highest BCUT2D eigenvalue weighted by Gasteiger charge is 2.16. The van der Waals surface area contributed by atoms with Gasteiger partial charge in [0.25, 0.3) is 0 Å². The van der Waals surface area contributed by atoms with Crippen LogP contribution in [0.1, 0.15) is 23.1 Å². The first-order valence-corrected chi connectivity index (χ1v) is 4.98. The predicted molar refractivity (Wildman–Crippen MR) is 58.6 cm³/mol. The van der Waals surface area contributed by atoms with Gasteiger partial charge in [0, 0.05) is 6.54 Å². The first kappa shape index (κ1) is 9.93. The highest BCUT2D eigenvalue weighted by molar-refractivity contribution is 5.25. The molecule has 0 radical (unpaired) electrons. The van der Waals surface area contributed by atoms with Crippen LogP contribution in [0.15, 0.2) is 41.0 Å². The van der Waals surface area contributed by atoms with Crippen LogP contribution in [0.3, 0.4) is 0 Å². The highest BCUT2D eigenvalue weighted by Crippen LogP contribution is 2.22. The van der Waals surface area contributed by atoms with E-state index in [-0.39, 0.29) is 5.92 Å². The molecule has 3 heteroatoms. The first-order chi connectivity index (χ1) is 7.31. The lowest BCUT2D eigenvalue weighted by atomic mass is 9.99. The lowest BCUT2D eigenvalue weighted by Gasteiger charge is -2.10. The molecule has 0 bridgehead atoms. The summed E-state index contributed by atoms with van der Waals surface area (Å²) in [5.41, 5.74) is 7.77. The van der Waals surface area contributed by atoms with Gasteiger partial charge in [-0.05, 0) is 12.5 Å². The average molecular weight is 202 g/mol. The van der Waals surface area contributed by atoms with Crippen molar-refractivity contribution in [3.8, 4) is 0 Å². The van der Waals surface area contributed by atoms with E-state index >= 15 is 0 Å². The zero-order chi connectivity index (χ0) is 10.7. The second-order valence-corrected chi connectivity index (χ2v) is 3.53. The molecule has 0 saturated heterocycles. The zero-order valence-electron chi connectivity index (χ0n) is 8.68. The molecular weight excluding hydrogens is 188 g/mol. The van der Waals surface area contributed by atoms with Crippen LogP contribution < -0.4 is 5.73 Å². The number of benzene rings is 1. The van der Waals surface area contributed by atoms with Crippen LogP contribution in [0.2, 0.25) is 0 Å². The van der Waals surface area contributed by atoms with Crippen molar-refractivity contribution in [1.82, 2.24) is 4.98 Å². The zero-order valence-corrected chi connectivity index (χ0v) is 8.68. The Morgan fingerprint density at radius 3 is 2.60 bits per heavy atom. The van der Waals surface area contributed by atoms with Crippen molar-refractivity contribution in [2.75, 3.05) is 6.54 Å². The predicted octanol–water partition coefficient (Wildman–Crippen LogP) is 2.07. The van der Waals surface area contributed by atoms with E-state index in [4.69, 9.17) is 10.2 Å². The molecule has 0 amide bonds. The van der Waals surface area contributed by atoms with Crippen LogP contribution in [0.25, 0.3) is 0 Å². The van der Waals surface area contributed by atoms with Crippen molar-refractivity contribution in [1.29, 1.82) is 0 Å². The van der Waals surface area contributed by atoms with Crippen LogP contribution in [0.4, 0.5) is 0 Å². The lowest BCUT2D eigenvalue weighted by molar-refractivity contribution is 0.472. The molecule has 2 aromatic rings. The molecule has 0 aliphatic rings. The van der Waals surface area contributed by atoms with Crippen molar-refractivity contribution in [2.45, 2.75) is 12.8 Å². The number of rotatable bonds is 3. The molecule has 1 aromatic heterocycles. The highest BCUT2D eigenvalue weighted by atomic mass is 16.3. The van der Waals surface area contributed by atoms with Gasteiger partial charge in [-0.3, -0.25) is 0 Å². The third-order valence-electron chi connectivity index (χ3n) is 2.37. The molecule has 0 aliphatic carbocycles. The fraction of sp³-hybridized carbons (Fsp3) is 0.250. The molecular formula is C12H14N2O. The van der Waals surface area contributed by atoms with Gasteiger partial charge in [0.05, 0.1) is 11.6 Å². The summed E-state index contributed by atoms with van der Waals surface area (Å²) in [4.78, 5) is 4.31. The van der Waals surface area contributed by atoms with Crippen molar-refractivity contribution < 1.29 is 4.42 Å². The Balaban J connectivity index is 2.33. The van der Waals surface area contributed by atoms with Gasteiger partial charge in [-0.1, -0.05) is 30.3 Å². The van der Waals surface area contributed by atoms with E-state index in [1.165, 1.54) is 0 Å². The fourth-order valence-electron chi connectivity index (χ4n) is 1.60. The van der Waals surface area contributed by atoms with Gasteiger partial charge < -0.3 is 10.2 Å². The Morgan fingerprint density at radius 2 is 2.07 bits per heavy atom. The van der Waals surface area contributed by atoms with Crippen LogP contribution in [-0.4, -0.2) is 11.5 Å². The van der Waals surface area contributed by atoms with Gasteiger partial charge in [-0.25, -0.2) is 4.98 Å². The molecule has 3 nitrogen and oxygen atoms in total. The SMILES string of the molecule is Cc1coc(C(CN)c2ccccc2)n1. The summed E-state index contributed by atoms with van der Waals surface area (Å²) in [6, 6.07) is 10.0.